The van der Waals surface area contributed by atoms with E-state index in [4.69, 9.17) is 5.26 Å². The number of hydrogen-bond acceptors (Lipinski definition) is 5. The van der Waals surface area contributed by atoms with Crippen molar-refractivity contribution < 1.29 is 4.39 Å². The van der Waals surface area contributed by atoms with Crippen LogP contribution in [0.3, 0.4) is 0 Å². The van der Waals surface area contributed by atoms with Crippen molar-refractivity contribution in [2.45, 2.75) is 24.8 Å². The van der Waals surface area contributed by atoms with Gasteiger partial charge in [-0.25, -0.2) is 19.3 Å². The first-order valence-electron chi connectivity index (χ1n) is 8.41. The monoisotopic (exact) mass is 345 g/mol. The minimum Gasteiger partial charge on any atom is -0.345 e. The van der Waals surface area contributed by atoms with Gasteiger partial charge in [0.15, 0.2) is 0 Å². The lowest BCUT2D eigenvalue weighted by molar-refractivity contribution is 0.282. The number of nitriles is 1. The zero-order valence-corrected chi connectivity index (χ0v) is 14.0. The first-order valence-corrected chi connectivity index (χ1v) is 8.41. The molecule has 0 radical (unpaired) electrons. The molecule has 0 atom stereocenters. The molecule has 0 spiro atoms. The Bertz CT molecular complexity index is 957. The van der Waals surface area contributed by atoms with Crippen molar-refractivity contribution in [2.24, 2.45) is 0 Å². The lowest BCUT2D eigenvalue weighted by Gasteiger charge is -2.43. The molecule has 1 aliphatic carbocycles. The maximum Gasteiger partial charge on any atom is 0.223 e. The molecule has 6 heteroatoms. The summed E-state index contributed by atoms with van der Waals surface area (Å²) in [5.74, 6) is 0.297. The molecule has 128 valence electrons. The number of pyridine rings is 1. The molecule has 0 saturated heterocycles. The molecule has 2 heterocycles. The van der Waals surface area contributed by atoms with Gasteiger partial charge in [0.2, 0.25) is 5.95 Å². The number of nitrogens with zero attached hydrogens (tertiary/aromatic N) is 4. The van der Waals surface area contributed by atoms with Gasteiger partial charge in [-0.2, -0.15) is 5.26 Å². The van der Waals surface area contributed by atoms with Crippen molar-refractivity contribution >= 4 is 5.95 Å². The van der Waals surface area contributed by atoms with Crippen molar-refractivity contribution in [3.8, 4) is 17.2 Å². The molecule has 4 rings (SSSR count). The van der Waals surface area contributed by atoms with E-state index in [2.05, 4.69) is 20.3 Å². The molecule has 1 aliphatic rings. The fourth-order valence-electron chi connectivity index (χ4n) is 3.21. The van der Waals surface area contributed by atoms with Crippen molar-refractivity contribution in [1.29, 1.82) is 5.26 Å². The highest BCUT2D eigenvalue weighted by molar-refractivity contribution is 5.63. The minimum absolute atomic E-state index is 0.236. The van der Waals surface area contributed by atoms with Crippen LogP contribution in [0.5, 0.6) is 0 Å². The molecular formula is C20H16FN5. The molecule has 0 amide bonds. The molecule has 1 aromatic carbocycles. The van der Waals surface area contributed by atoms with Gasteiger partial charge in [0.05, 0.1) is 5.54 Å². The van der Waals surface area contributed by atoms with Crippen LogP contribution in [0.25, 0.3) is 11.1 Å². The summed E-state index contributed by atoms with van der Waals surface area (Å²) in [5, 5.41) is 12.4. The summed E-state index contributed by atoms with van der Waals surface area (Å²) in [7, 11) is 0. The summed E-state index contributed by atoms with van der Waals surface area (Å²) in [5.41, 5.74) is 2.83. The van der Waals surface area contributed by atoms with Crippen molar-refractivity contribution in [1.82, 2.24) is 15.0 Å². The van der Waals surface area contributed by atoms with E-state index >= 15 is 0 Å². The Balaban J connectivity index is 1.57. The van der Waals surface area contributed by atoms with Gasteiger partial charge in [-0.05, 0) is 54.7 Å². The molecule has 26 heavy (non-hydrogen) atoms. The predicted molar refractivity (Wildman–Crippen MR) is 95.5 cm³/mol. The van der Waals surface area contributed by atoms with E-state index in [-0.39, 0.29) is 11.4 Å². The second-order valence-electron chi connectivity index (χ2n) is 6.40. The van der Waals surface area contributed by atoms with Crippen LogP contribution >= 0.6 is 0 Å². The van der Waals surface area contributed by atoms with E-state index < -0.39 is 0 Å². The van der Waals surface area contributed by atoms with Crippen LogP contribution in [0.4, 0.5) is 10.3 Å². The van der Waals surface area contributed by atoms with E-state index in [1.807, 2.05) is 24.3 Å². The number of benzene rings is 1. The Hall–Kier alpha value is -3.33. The fraction of sp³-hybridized carbons (Fsp3) is 0.200. The third-order valence-electron chi connectivity index (χ3n) is 4.81. The van der Waals surface area contributed by atoms with Gasteiger partial charge < -0.3 is 5.32 Å². The maximum atomic E-state index is 13.2. The first kappa shape index (κ1) is 16.2. The van der Waals surface area contributed by atoms with Crippen LogP contribution in [-0.2, 0) is 5.54 Å². The van der Waals surface area contributed by atoms with Crippen LogP contribution in [0.1, 0.15) is 30.5 Å². The van der Waals surface area contributed by atoms with E-state index in [1.54, 1.807) is 24.7 Å². The Kier molecular flexibility index (Phi) is 4.05. The largest absolute Gasteiger partial charge is 0.345 e. The Morgan fingerprint density at radius 2 is 1.73 bits per heavy atom. The molecule has 0 aliphatic heterocycles. The Morgan fingerprint density at radius 3 is 2.35 bits per heavy atom. The van der Waals surface area contributed by atoms with Gasteiger partial charge in [0.1, 0.15) is 17.6 Å². The maximum absolute atomic E-state index is 13.2. The van der Waals surface area contributed by atoms with Gasteiger partial charge in [-0.1, -0.05) is 12.1 Å². The van der Waals surface area contributed by atoms with Crippen LogP contribution in [0, 0.1) is 17.1 Å². The number of rotatable bonds is 4. The van der Waals surface area contributed by atoms with Gasteiger partial charge in [-0.3, -0.25) is 0 Å². The van der Waals surface area contributed by atoms with E-state index in [1.165, 1.54) is 12.1 Å². The van der Waals surface area contributed by atoms with E-state index in [0.717, 1.165) is 36.0 Å². The highest BCUT2D eigenvalue weighted by atomic mass is 19.1. The quantitative estimate of drug-likeness (QED) is 0.772. The molecule has 0 unspecified atom stereocenters. The zero-order chi connectivity index (χ0) is 18.0. The number of hydrogen-bond donors (Lipinski definition) is 1. The molecule has 1 saturated carbocycles. The lowest BCUT2D eigenvalue weighted by Crippen LogP contribution is -2.42. The average molecular weight is 345 g/mol. The number of halogens is 1. The standard InChI is InChI=1S/C20H16FN5/c21-17-4-2-16(3-5-17)20(7-1-8-20)26-19-24-12-15(13-25-19)14-6-9-23-18(10-14)11-22/h2-6,9-10,12-13H,1,7-8H2,(H,24,25,26). The summed E-state index contributed by atoms with van der Waals surface area (Å²) in [4.78, 5) is 12.8. The van der Waals surface area contributed by atoms with Crippen molar-refractivity contribution in [3.05, 3.63) is 72.1 Å². The topological polar surface area (TPSA) is 74.5 Å². The average Bonchev–Trinajstić information content (AvgIpc) is 2.66. The van der Waals surface area contributed by atoms with Crippen molar-refractivity contribution in [3.63, 3.8) is 0 Å². The van der Waals surface area contributed by atoms with Gasteiger partial charge in [0, 0.05) is 24.2 Å². The number of aromatic nitrogens is 3. The second kappa shape index (κ2) is 6.52. The van der Waals surface area contributed by atoms with E-state index in [9.17, 15) is 4.39 Å². The highest BCUT2D eigenvalue weighted by Gasteiger charge is 2.39. The zero-order valence-electron chi connectivity index (χ0n) is 14.0. The van der Waals surface area contributed by atoms with E-state index in [0.29, 0.717) is 11.6 Å². The van der Waals surface area contributed by atoms with Crippen LogP contribution in [0.15, 0.2) is 55.0 Å². The van der Waals surface area contributed by atoms with Crippen molar-refractivity contribution in [2.75, 3.05) is 5.32 Å². The Morgan fingerprint density at radius 1 is 1.00 bits per heavy atom. The summed E-state index contributed by atoms with van der Waals surface area (Å²) >= 11 is 0. The predicted octanol–water partition coefficient (Wildman–Crippen LogP) is 4.04. The van der Waals surface area contributed by atoms with Gasteiger partial charge in [-0.15, -0.1) is 0 Å². The van der Waals surface area contributed by atoms with Gasteiger partial charge in [0.25, 0.3) is 0 Å². The molecular weight excluding hydrogens is 329 g/mol. The fourth-order valence-corrected chi connectivity index (χ4v) is 3.21. The molecule has 1 fully saturated rings. The Labute approximate surface area is 150 Å². The first-order chi connectivity index (χ1) is 12.7. The number of anilines is 1. The normalized spacial score (nSPS) is 14.9. The van der Waals surface area contributed by atoms with Gasteiger partial charge >= 0.3 is 0 Å². The van der Waals surface area contributed by atoms with Crippen LogP contribution in [-0.4, -0.2) is 15.0 Å². The molecule has 2 aromatic heterocycles. The number of nitrogens with one attached hydrogen (secondary N) is 1. The molecule has 3 aromatic rings. The third-order valence-corrected chi connectivity index (χ3v) is 4.81. The second-order valence-corrected chi connectivity index (χ2v) is 6.40. The summed E-state index contributed by atoms with van der Waals surface area (Å²) in [6.45, 7) is 0. The molecule has 1 N–H and O–H groups in total. The summed E-state index contributed by atoms with van der Waals surface area (Å²) < 4.78 is 13.2. The lowest BCUT2D eigenvalue weighted by atomic mass is 9.72. The smallest absolute Gasteiger partial charge is 0.223 e. The summed E-state index contributed by atoms with van der Waals surface area (Å²) in [6, 6.07) is 12.1. The summed E-state index contributed by atoms with van der Waals surface area (Å²) in [6.07, 6.45) is 8.07. The SMILES string of the molecule is N#Cc1cc(-c2cnc(NC3(c4ccc(F)cc4)CCC3)nc2)ccn1. The highest BCUT2D eigenvalue weighted by Crippen LogP contribution is 2.43. The van der Waals surface area contributed by atoms with Crippen LogP contribution in [0.2, 0.25) is 0 Å². The molecule has 0 bridgehead atoms. The third kappa shape index (κ3) is 3.00. The minimum atomic E-state index is -0.238. The van der Waals surface area contributed by atoms with Crippen LogP contribution < -0.4 is 5.32 Å². The molecule has 5 nitrogen and oxygen atoms in total.